The van der Waals surface area contributed by atoms with Crippen LogP contribution in [0.3, 0.4) is 0 Å². The SMILES string of the molecule is CCOC(=O)C1N(S(=O)(=O)c2ccc(C)cc2)CCC1(O)CC. The normalized spacial score (nSPS) is 25.5. The van der Waals surface area contributed by atoms with Crippen molar-refractivity contribution in [2.75, 3.05) is 13.2 Å². The van der Waals surface area contributed by atoms with Gasteiger partial charge in [-0.15, -0.1) is 0 Å². The van der Waals surface area contributed by atoms with Crippen molar-refractivity contribution >= 4 is 16.0 Å². The second-order valence-electron chi connectivity index (χ2n) is 5.79. The summed E-state index contributed by atoms with van der Waals surface area (Å²) in [5, 5.41) is 10.7. The Morgan fingerprint density at radius 3 is 2.48 bits per heavy atom. The molecule has 2 unspecified atom stereocenters. The summed E-state index contributed by atoms with van der Waals surface area (Å²) in [6, 6.07) is 5.22. The highest BCUT2D eigenvalue weighted by Gasteiger charge is 2.54. The third-order valence-electron chi connectivity index (χ3n) is 4.31. The molecule has 1 saturated heterocycles. The van der Waals surface area contributed by atoms with E-state index in [0.717, 1.165) is 9.87 Å². The van der Waals surface area contributed by atoms with E-state index in [0.29, 0.717) is 0 Å². The van der Waals surface area contributed by atoms with Gasteiger partial charge in [0, 0.05) is 6.54 Å². The quantitative estimate of drug-likeness (QED) is 0.820. The zero-order chi connectivity index (χ0) is 17.3. The Kier molecular flexibility index (Phi) is 5.13. The van der Waals surface area contributed by atoms with Crippen molar-refractivity contribution in [1.29, 1.82) is 0 Å². The molecule has 7 heteroatoms. The van der Waals surface area contributed by atoms with E-state index < -0.39 is 27.6 Å². The lowest BCUT2D eigenvalue weighted by Gasteiger charge is -2.31. The third-order valence-corrected chi connectivity index (χ3v) is 6.19. The van der Waals surface area contributed by atoms with Gasteiger partial charge in [0.1, 0.15) is 0 Å². The lowest BCUT2D eigenvalue weighted by Crippen LogP contribution is -2.52. The fraction of sp³-hybridized carbons (Fsp3) is 0.562. The topological polar surface area (TPSA) is 83.9 Å². The lowest BCUT2D eigenvalue weighted by molar-refractivity contribution is -0.153. The molecule has 1 N–H and O–H groups in total. The number of nitrogens with zero attached hydrogens (tertiary/aromatic N) is 1. The molecule has 1 aliphatic rings. The summed E-state index contributed by atoms with van der Waals surface area (Å²) in [6.45, 7) is 5.46. The van der Waals surface area contributed by atoms with Crippen molar-refractivity contribution in [3.8, 4) is 0 Å². The second-order valence-corrected chi connectivity index (χ2v) is 7.68. The Hall–Kier alpha value is -1.44. The molecule has 0 radical (unpaired) electrons. The number of aliphatic hydroxyl groups is 1. The van der Waals surface area contributed by atoms with E-state index in [1.807, 2.05) is 6.92 Å². The first kappa shape index (κ1) is 17.9. The molecule has 1 aliphatic heterocycles. The summed E-state index contributed by atoms with van der Waals surface area (Å²) in [5.41, 5.74) is -0.457. The molecule has 0 bridgehead atoms. The number of benzene rings is 1. The number of carbonyl (C=O) groups is 1. The van der Waals surface area contributed by atoms with Crippen LogP contribution < -0.4 is 0 Å². The maximum atomic E-state index is 12.9. The molecule has 2 rings (SSSR count). The number of aryl methyl sites for hydroxylation is 1. The average molecular weight is 341 g/mol. The first-order valence-electron chi connectivity index (χ1n) is 7.74. The maximum absolute atomic E-state index is 12.9. The van der Waals surface area contributed by atoms with Gasteiger partial charge in [0.05, 0.1) is 17.1 Å². The highest BCUT2D eigenvalue weighted by molar-refractivity contribution is 7.89. The minimum Gasteiger partial charge on any atom is -0.465 e. The van der Waals surface area contributed by atoms with Crippen LogP contribution in [0.25, 0.3) is 0 Å². The van der Waals surface area contributed by atoms with Crippen LogP contribution in [-0.2, 0) is 19.6 Å². The Labute approximate surface area is 137 Å². The van der Waals surface area contributed by atoms with Crippen LogP contribution in [0.15, 0.2) is 29.2 Å². The smallest absolute Gasteiger partial charge is 0.327 e. The summed E-state index contributed by atoms with van der Waals surface area (Å²) in [5.74, 6) is -0.704. The lowest BCUT2D eigenvalue weighted by atomic mass is 9.92. The maximum Gasteiger partial charge on any atom is 0.327 e. The number of hydrogen-bond acceptors (Lipinski definition) is 5. The Bertz CT molecular complexity index is 670. The highest BCUT2D eigenvalue weighted by atomic mass is 32.2. The molecule has 0 saturated carbocycles. The van der Waals surface area contributed by atoms with Crippen LogP contribution in [0.1, 0.15) is 32.3 Å². The molecule has 0 amide bonds. The van der Waals surface area contributed by atoms with Gasteiger partial charge in [0.25, 0.3) is 0 Å². The van der Waals surface area contributed by atoms with Crippen molar-refractivity contribution < 1.29 is 23.1 Å². The van der Waals surface area contributed by atoms with Gasteiger partial charge in [-0.05, 0) is 38.8 Å². The largest absolute Gasteiger partial charge is 0.465 e. The fourth-order valence-electron chi connectivity index (χ4n) is 2.87. The molecule has 128 valence electrons. The molecule has 1 fully saturated rings. The molecule has 0 aliphatic carbocycles. The van der Waals surface area contributed by atoms with Gasteiger partial charge in [-0.25, -0.2) is 8.42 Å². The van der Waals surface area contributed by atoms with E-state index in [1.54, 1.807) is 26.0 Å². The number of ether oxygens (including phenoxy) is 1. The fourth-order valence-corrected chi connectivity index (χ4v) is 4.51. The summed E-state index contributed by atoms with van der Waals surface area (Å²) >= 11 is 0. The van der Waals surface area contributed by atoms with E-state index in [4.69, 9.17) is 4.74 Å². The standard InChI is InChI=1S/C16H23NO5S/c1-4-16(19)10-11-17(14(16)15(18)22-5-2)23(20,21)13-8-6-12(3)7-9-13/h6-9,14,19H,4-5,10-11H2,1-3H3. The van der Waals surface area contributed by atoms with Crippen molar-refractivity contribution in [2.24, 2.45) is 0 Å². The zero-order valence-corrected chi connectivity index (χ0v) is 14.5. The monoisotopic (exact) mass is 341 g/mol. The molecule has 1 aromatic carbocycles. The molecule has 6 nitrogen and oxygen atoms in total. The van der Waals surface area contributed by atoms with Crippen LogP contribution in [0.5, 0.6) is 0 Å². The van der Waals surface area contributed by atoms with E-state index >= 15 is 0 Å². The predicted octanol–water partition coefficient (Wildman–Crippen LogP) is 1.46. The van der Waals surface area contributed by atoms with Gasteiger partial charge < -0.3 is 9.84 Å². The highest BCUT2D eigenvalue weighted by Crippen LogP contribution is 2.36. The summed E-state index contributed by atoms with van der Waals surface area (Å²) in [6.07, 6.45) is 0.481. The van der Waals surface area contributed by atoms with E-state index in [9.17, 15) is 18.3 Å². The van der Waals surface area contributed by atoms with Crippen LogP contribution in [0.2, 0.25) is 0 Å². The van der Waals surface area contributed by atoms with Gasteiger partial charge >= 0.3 is 5.97 Å². The Morgan fingerprint density at radius 2 is 1.96 bits per heavy atom. The third kappa shape index (κ3) is 3.27. The predicted molar refractivity (Wildman–Crippen MR) is 85.3 cm³/mol. The van der Waals surface area contributed by atoms with Crippen LogP contribution in [-0.4, -0.2) is 48.6 Å². The average Bonchev–Trinajstić information content (AvgIpc) is 2.87. The minimum atomic E-state index is -3.88. The number of carbonyl (C=O) groups excluding carboxylic acids is 1. The second kappa shape index (κ2) is 6.59. The molecule has 2 atom stereocenters. The van der Waals surface area contributed by atoms with E-state index in [1.165, 1.54) is 12.1 Å². The minimum absolute atomic E-state index is 0.0873. The van der Waals surface area contributed by atoms with Gasteiger partial charge in [-0.1, -0.05) is 24.6 Å². The number of hydrogen-bond donors (Lipinski definition) is 1. The zero-order valence-electron chi connectivity index (χ0n) is 13.7. The first-order valence-corrected chi connectivity index (χ1v) is 9.18. The molecule has 0 aromatic heterocycles. The van der Waals surface area contributed by atoms with Crippen LogP contribution >= 0.6 is 0 Å². The van der Waals surface area contributed by atoms with Crippen molar-refractivity contribution in [3.05, 3.63) is 29.8 Å². The summed E-state index contributed by atoms with van der Waals surface area (Å²) in [7, 11) is -3.88. The van der Waals surface area contributed by atoms with Crippen LogP contribution in [0, 0.1) is 6.92 Å². The van der Waals surface area contributed by atoms with E-state index in [2.05, 4.69) is 0 Å². The van der Waals surface area contributed by atoms with Gasteiger partial charge in [0.2, 0.25) is 10.0 Å². The molecule has 1 aromatic rings. The molecule has 1 heterocycles. The van der Waals surface area contributed by atoms with Crippen LogP contribution in [0.4, 0.5) is 0 Å². The first-order chi connectivity index (χ1) is 10.8. The summed E-state index contributed by atoms with van der Waals surface area (Å²) in [4.78, 5) is 12.4. The number of rotatable bonds is 5. The van der Waals surface area contributed by atoms with Crippen molar-refractivity contribution in [3.63, 3.8) is 0 Å². The molecular weight excluding hydrogens is 318 g/mol. The Morgan fingerprint density at radius 1 is 1.35 bits per heavy atom. The molecule has 0 spiro atoms. The Balaban J connectivity index is 2.43. The number of esters is 1. The van der Waals surface area contributed by atoms with Crippen molar-refractivity contribution in [2.45, 2.75) is 50.2 Å². The van der Waals surface area contributed by atoms with Gasteiger partial charge in [0.15, 0.2) is 6.04 Å². The summed E-state index contributed by atoms with van der Waals surface area (Å²) < 4.78 is 31.8. The van der Waals surface area contributed by atoms with Gasteiger partial charge in [-0.3, -0.25) is 4.79 Å². The molecular formula is C16H23NO5S. The number of sulfonamides is 1. The van der Waals surface area contributed by atoms with Crippen molar-refractivity contribution in [1.82, 2.24) is 4.31 Å². The molecule has 23 heavy (non-hydrogen) atoms. The van der Waals surface area contributed by atoms with Gasteiger partial charge in [-0.2, -0.15) is 4.31 Å². The van der Waals surface area contributed by atoms with E-state index in [-0.39, 0.29) is 30.9 Å².